The van der Waals surface area contributed by atoms with Gasteiger partial charge in [0.25, 0.3) is 5.91 Å². The summed E-state index contributed by atoms with van der Waals surface area (Å²) >= 11 is 0. The van der Waals surface area contributed by atoms with Gasteiger partial charge in [-0.05, 0) is 0 Å². The first-order valence-corrected chi connectivity index (χ1v) is 7.77. The number of hydrogen-bond donors (Lipinski definition) is 1. The van der Waals surface area contributed by atoms with Crippen LogP contribution in [0.15, 0.2) is 30.3 Å². The Morgan fingerprint density at radius 2 is 1.84 bits per heavy atom. The maximum absolute atomic E-state index is 12.9. The van der Waals surface area contributed by atoms with Crippen LogP contribution < -0.4 is 0 Å². The fraction of sp³-hybridized carbons (Fsp3) is 0.294. The van der Waals surface area contributed by atoms with Crippen LogP contribution >= 0.6 is 0 Å². The van der Waals surface area contributed by atoms with E-state index in [1.807, 2.05) is 0 Å². The maximum Gasteiger partial charge on any atom is 0.356 e. The lowest BCUT2D eigenvalue weighted by Gasteiger charge is -2.26. The van der Waals surface area contributed by atoms with Crippen molar-refractivity contribution in [2.45, 2.75) is 0 Å². The highest BCUT2D eigenvalue weighted by Gasteiger charge is 2.32. The van der Waals surface area contributed by atoms with E-state index in [1.165, 1.54) is 7.11 Å². The third-order valence-corrected chi connectivity index (χ3v) is 3.92. The summed E-state index contributed by atoms with van der Waals surface area (Å²) in [6.45, 7) is 1.64. The number of carbonyl (C=O) groups excluding carboxylic acids is 3. The van der Waals surface area contributed by atoms with Gasteiger partial charge in [-0.25, -0.2) is 4.79 Å². The molecule has 0 atom stereocenters. The molecule has 8 nitrogen and oxygen atoms in total. The van der Waals surface area contributed by atoms with Crippen molar-refractivity contribution in [3.05, 3.63) is 52.8 Å². The topological polar surface area (TPSA) is 102 Å². The van der Waals surface area contributed by atoms with Crippen molar-refractivity contribution in [3.63, 3.8) is 0 Å². The average Bonchev–Trinajstić information content (AvgIpc) is 3.12. The third-order valence-electron chi connectivity index (χ3n) is 3.92. The first kappa shape index (κ1) is 16.8. The van der Waals surface area contributed by atoms with Gasteiger partial charge in [-0.1, -0.05) is 30.3 Å². The first-order valence-electron chi connectivity index (χ1n) is 7.77. The van der Waals surface area contributed by atoms with E-state index in [-0.39, 0.29) is 17.0 Å². The Hall–Kier alpha value is -3.00. The van der Waals surface area contributed by atoms with Gasteiger partial charge in [0.1, 0.15) is 0 Å². The number of ketones is 1. The molecule has 130 valence electrons. The lowest BCUT2D eigenvalue weighted by atomic mass is 10.0. The number of nitrogens with one attached hydrogen (secondary N) is 1. The van der Waals surface area contributed by atoms with Gasteiger partial charge in [-0.2, -0.15) is 5.10 Å². The molecule has 1 aromatic carbocycles. The van der Waals surface area contributed by atoms with E-state index < -0.39 is 17.7 Å². The monoisotopic (exact) mass is 343 g/mol. The quantitative estimate of drug-likeness (QED) is 0.654. The summed E-state index contributed by atoms with van der Waals surface area (Å²) in [7, 11) is 1.20. The number of nitrogens with zero attached hydrogens (tertiary/aromatic N) is 2. The van der Waals surface area contributed by atoms with Crippen LogP contribution in [0.25, 0.3) is 0 Å². The highest BCUT2D eigenvalue weighted by atomic mass is 16.5. The molecule has 0 aliphatic carbocycles. The minimum absolute atomic E-state index is 0.0745. The minimum Gasteiger partial charge on any atom is -0.464 e. The highest BCUT2D eigenvalue weighted by molar-refractivity contribution is 6.18. The third kappa shape index (κ3) is 3.29. The largest absolute Gasteiger partial charge is 0.464 e. The normalized spacial score (nSPS) is 14.2. The molecule has 0 radical (unpaired) electrons. The Morgan fingerprint density at radius 1 is 1.16 bits per heavy atom. The van der Waals surface area contributed by atoms with Gasteiger partial charge in [0, 0.05) is 18.7 Å². The van der Waals surface area contributed by atoms with Crippen molar-refractivity contribution in [1.82, 2.24) is 15.1 Å². The Balaban J connectivity index is 2.04. The molecule has 1 amide bonds. The summed E-state index contributed by atoms with van der Waals surface area (Å²) in [6.07, 6.45) is 0. The predicted octanol–water partition coefficient (Wildman–Crippen LogP) is 0.900. The number of esters is 1. The molecule has 1 N–H and O–H groups in total. The highest BCUT2D eigenvalue weighted by Crippen LogP contribution is 2.20. The van der Waals surface area contributed by atoms with Crippen LogP contribution in [0.2, 0.25) is 0 Å². The molecule has 0 saturated carbocycles. The van der Waals surface area contributed by atoms with Crippen LogP contribution in [0.5, 0.6) is 0 Å². The SMILES string of the molecule is COC(=O)c1[nH]nc(C(=O)N2CCOCC2)c1C(=O)c1ccccc1. The molecule has 25 heavy (non-hydrogen) atoms. The summed E-state index contributed by atoms with van der Waals surface area (Å²) in [5, 5.41) is 6.40. The number of rotatable bonds is 4. The summed E-state index contributed by atoms with van der Waals surface area (Å²) < 4.78 is 9.92. The number of morpholine rings is 1. The second-order valence-corrected chi connectivity index (χ2v) is 5.41. The number of amides is 1. The second kappa shape index (κ2) is 7.27. The molecule has 1 saturated heterocycles. The number of hydrogen-bond acceptors (Lipinski definition) is 6. The van der Waals surface area contributed by atoms with E-state index >= 15 is 0 Å². The minimum atomic E-state index is -0.757. The fourth-order valence-electron chi connectivity index (χ4n) is 2.62. The van der Waals surface area contributed by atoms with Gasteiger partial charge >= 0.3 is 5.97 Å². The molecule has 1 fully saturated rings. The number of ether oxygens (including phenoxy) is 2. The van der Waals surface area contributed by atoms with Gasteiger partial charge in [-0.15, -0.1) is 0 Å². The van der Waals surface area contributed by atoms with Crippen LogP contribution in [-0.2, 0) is 9.47 Å². The Morgan fingerprint density at radius 3 is 2.48 bits per heavy atom. The molecule has 1 aliphatic rings. The second-order valence-electron chi connectivity index (χ2n) is 5.41. The van der Waals surface area contributed by atoms with Gasteiger partial charge in [-0.3, -0.25) is 14.7 Å². The molecule has 8 heteroatoms. The van der Waals surface area contributed by atoms with E-state index in [0.717, 1.165) is 0 Å². The number of H-pyrrole nitrogens is 1. The molecule has 2 heterocycles. The summed E-state index contributed by atoms with van der Waals surface area (Å²) in [6, 6.07) is 8.40. The molecular formula is C17H17N3O5. The molecule has 2 aromatic rings. The predicted molar refractivity (Wildman–Crippen MR) is 86.5 cm³/mol. The van der Waals surface area contributed by atoms with E-state index in [1.54, 1.807) is 35.2 Å². The molecule has 0 spiro atoms. The van der Waals surface area contributed by atoms with E-state index in [9.17, 15) is 14.4 Å². The van der Waals surface area contributed by atoms with Crippen molar-refractivity contribution >= 4 is 17.7 Å². The number of benzene rings is 1. The smallest absolute Gasteiger partial charge is 0.356 e. The van der Waals surface area contributed by atoms with Crippen LogP contribution in [0.1, 0.15) is 36.9 Å². The van der Waals surface area contributed by atoms with Crippen molar-refractivity contribution in [2.75, 3.05) is 33.4 Å². The number of carbonyl (C=O) groups is 3. The Labute approximate surface area is 143 Å². The molecule has 0 bridgehead atoms. The van der Waals surface area contributed by atoms with Crippen LogP contribution in [0.4, 0.5) is 0 Å². The maximum atomic E-state index is 12.9. The first-order chi connectivity index (χ1) is 12.1. The van der Waals surface area contributed by atoms with Crippen molar-refractivity contribution in [3.8, 4) is 0 Å². The van der Waals surface area contributed by atoms with Gasteiger partial charge in [0.15, 0.2) is 17.2 Å². The number of aromatic nitrogens is 2. The molecular weight excluding hydrogens is 326 g/mol. The van der Waals surface area contributed by atoms with Crippen LogP contribution in [0, 0.1) is 0 Å². The number of aromatic amines is 1. The zero-order chi connectivity index (χ0) is 17.8. The zero-order valence-electron chi connectivity index (χ0n) is 13.7. The van der Waals surface area contributed by atoms with Gasteiger partial charge < -0.3 is 14.4 Å². The Bertz CT molecular complexity index is 794. The summed E-state index contributed by atoms with van der Waals surface area (Å²) in [4.78, 5) is 39.2. The van der Waals surface area contributed by atoms with Crippen LogP contribution in [-0.4, -0.2) is 66.2 Å². The van der Waals surface area contributed by atoms with Gasteiger partial charge in [0.2, 0.25) is 0 Å². The van der Waals surface area contributed by atoms with E-state index in [0.29, 0.717) is 31.9 Å². The van der Waals surface area contributed by atoms with E-state index in [2.05, 4.69) is 10.2 Å². The number of methoxy groups -OCH3 is 1. The lowest BCUT2D eigenvalue weighted by molar-refractivity contribution is 0.0298. The summed E-state index contributed by atoms with van der Waals surface area (Å²) in [5.41, 5.74) is 0.0590. The molecule has 1 aromatic heterocycles. The standard InChI is InChI=1S/C17H17N3O5/c1-24-17(23)14-12(15(21)11-5-3-2-4-6-11)13(18-19-14)16(22)20-7-9-25-10-8-20/h2-6H,7-10H2,1H3,(H,18,19). The average molecular weight is 343 g/mol. The van der Waals surface area contributed by atoms with E-state index in [4.69, 9.17) is 9.47 Å². The molecule has 0 unspecified atom stereocenters. The van der Waals surface area contributed by atoms with Crippen molar-refractivity contribution < 1.29 is 23.9 Å². The fourth-order valence-corrected chi connectivity index (χ4v) is 2.62. The lowest BCUT2D eigenvalue weighted by Crippen LogP contribution is -2.41. The summed E-state index contributed by atoms with van der Waals surface area (Å²) in [5.74, 6) is -1.65. The molecule has 1 aliphatic heterocycles. The Kier molecular flexibility index (Phi) is 4.90. The van der Waals surface area contributed by atoms with Crippen molar-refractivity contribution in [1.29, 1.82) is 0 Å². The van der Waals surface area contributed by atoms with Gasteiger partial charge in [0.05, 0.1) is 25.9 Å². The molecule has 3 rings (SSSR count). The zero-order valence-corrected chi connectivity index (χ0v) is 13.7. The van der Waals surface area contributed by atoms with Crippen molar-refractivity contribution in [2.24, 2.45) is 0 Å². The van der Waals surface area contributed by atoms with Crippen LogP contribution in [0.3, 0.4) is 0 Å².